The van der Waals surface area contributed by atoms with E-state index in [9.17, 15) is 12.8 Å². The van der Waals surface area contributed by atoms with Gasteiger partial charge in [0, 0.05) is 13.1 Å². The number of nitrogen functional groups attached to an aromatic ring is 1. The van der Waals surface area contributed by atoms with E-state index in [1.807, 2.05) is 0 Å². The van der Waals surface area contributed by atoms with Crippen molar-refractivity contribution in [2.24, 2.45) is 5.92 Å². The van der Waals surface area contributed by atoms with E-state index in [1.165, 1.54) is 16.4 Å². The third-order valence-corrected chi connectivity index (χ3v) is 5.77. The zero-order valence-electron chi connectivity index (χ0n) is 11.7. The molecule has 0 saturated carbocycles. The molecule has 6 heteroatoms. The summed E-state index contributed by atoms with van der Waals surface area (Å²) in [6, 6.07) is 3.58. The molecule has 2 rings (SSSR count). The first kappa shape index (κ1) is 15.3. The Labute approximate surface area is 119 Å². The Morgan fingerprint density at radius 2 is 2.00 bits per heavy atom. The predicted molar refractivity (Wildman–Crippen MR) is 77.2 cm³/mol. The van der Waals surface area contributed by atoms with Gasteiger partial charge in [0.2, 0.25) is 10.0 Å². The van der Waals surface area contributed by atoms with E-state index >= 15 is 0 Å². The van der Waals surface area contributed by atoms with Crippen LogP contribution in [0.2, 0.25) is 0 Å². The van der Waals surface area contributed by atoms with E-state index in [0.29, 0.717) is 19.0 Å². The number of hydrogen-bond acceptors (Lipinski definition) is 3. The van der Waals surface area contributed by atoms with E-state index < -0.39 is 15.8 Å². The van der Waals surface area contributed by atoms with Crippen molar-refractivity contribution in [2.45, 2.75) is 37.5 Å². The first-order chi connectivity index (χ1) is 9.45. The number of halogens is 1. The molecule has 0 aromatic heterocycles. The average Bonchev–Trinajstić information content (AvgIpc) is 2.43. The Bertz CT molecular complexity index is 567. The van der Waals surface area contributed by atoms with Crippen molar-refractivity contribution < 1.29 is 12.8 Å². The van der Waals surface area contributed by atoms with Crippen molar-refractivity contribution in [3.8, 4) is 0 Å². The number of rotatable bonds is 4. The normalized spacial score (nSPS) is 18.3. The van der Waals surface area contributed by atoms with Crippen LogP contribution in [0.4, 0.5) is 10.1 Å². The molecule has 1 aromatic rings. The fourth-order valence-electron chi connectivity index (χ4n) is 2.68. The highest BCUT2D eigenvalue weighted by atomic mass is 32.2. The molecule has 4 nitrogen and oxygen atoms in total. The van der Waals surface area contributed by atoms with Crippen LogP contribution < -0.4 is 5.73 Å². The van der Waals surface area contributed by atoms with Gasteiger partial charge in [-0.25, -0.2) is 12.8 Å². The van der Waals surface area contributed by atoms with Crippen molar-refractivity contribution in [1.29, 1.82) is 0 Å². The van der Waals surface area contributed by atoms with Gasteiger partial charge in [-0.3, -0.25) is 0 Å². The zero-order valence-corrected chi connectivity index (χ0v) is 12.5. The maximum Gasteiger partial charge on any atom is 0.243 e. The average molecular weight is 300 g/mol. The van der Waals surface area contributed by atoms with Gasteiger partial charge in [-0.05, 0) is 37.0 Å². The van der Waals surface area contributed by atoms with Gasteiger partial charge in [-0.1, -0.05) is 19.8 Å². The van der Waals surface area contributed by atoms with Crippen LogP contribution in [-0.2, 0) is 10.0 Å². The summed E-state index contributed by atoms with van der Waals surface area (Å²) in [6.07, 6.45) is 4.07. The second kappa shape index (κ2) is 6.10. The molecule has 0 radical (unpaired) electrons. The summed E-state index contributed by atoms with van der Waals surface area (Å²) in [5.74, 6) is 0.0235. The molecular weight excluding hydrogens is 279 g/mol. The number of piperidine rings is 1. The number of hydrogen-bond donors (Lipinski definition) is 1. The number of anilines is 1. The number of sulfonamides is 1. The summed E-state index contributed by atoms with van der Waals surface area (Å²) in [6.45, 7) is 3.21. The molecule has 1 aromatic carbocycles. The van der Waals surface area contributed by atoms with Crippen LogP contribution in [0.25, 0.3) is 0 Å². The van der Waals surface area contributed by atoms with Crippen molar-refractivity contribution in [3.05, 3.63) is 24.0 Å². The lowest BCUT2D eigenvalue weighted by molar-refractivity contribution is 0.262. The lowest BCUT2D eigenvalue weighted by atomic mass is 9.94. The molecule has 0 spiro atoms. The van der Waals surface area contributed by atoms with Crippen LogP contribution in [-0.4, -0.2) is 25.8 Å². The summed E-state index contributed by atoms with van der Waals surface area (Å²) in [7, 11) is -3.55. The molecule has 1 saturated heterocycles. The highest BCUT2D eigenvalue weighted by Gasteiger charge is 2.29. The van der Waals surface area contributed by atoms with Gasteiger partial charge in [0.25, 0.3) is 0 Å². The molecule has 0 aliphatic carbocycles. The first-order valence-electron chi connectivity index (χ1n) is 7.00. The maximum absolute atomic E-state index is 13.1. The van der Waals surface area contributed by atoms with Gasteiger partial charge < -0.3 is 5.73 Å². The molecule has 2 N–H and O–H groups in total. The Hall–Kier alpha value is -1.14. The fourth-order valence-corrected chi connectivity index (χ4v) is 4.18. The highest BCUT2D eigenvalue weighted by molar-refractivity contribution is 7.89. The van der Waals surface area contributed by atoms with Crippen molar-refractivity contribution in [2.75, 3.05) is 18.8 Å². The van der Waals surface area contributed by atoms with E-state index in [4.69, 9.17) is 5.73 Å². The fraction of sp³-hybridized carbons (Fsp3) is 0.571. The smallest absolute Gasteiger partial charge is 0.243 e. The molecule has 1 aliphatic heterocycles. The minimum absolute atomic E-state index is 0.0744. The Morgan fingerprint density at radius 1 is 1.35 bits per heavy atom. The quantitative estimate of drug-likeness (QED) is 0.869. The van der Waals surface area contributed by atoms with E-state index in [0.717, 1.165) is 31.7 Å². The third kappa shape index (κ3) is 3.12. The molecule has 1 heterocycles. The van der Waals surface area contributed by atoms with Gasteiger partial charge in [-0.2, -0.15) is 4.31 Å². The van der Waals surface area contributed by atoms with Crippen molar-refractivity contribution >= 4 is 15.7 Å². The van der Waals surface area contributed by atoms with Gasteiger partial charge >= 0.3 is 0 Å². The Morgan fingerprint density at radius 3 is 2.55 bits per heavy atom. The maximum atomic E-state index is 13.1. The molecule has 0 atom stereocenters. The molecule has 1 fully saturated rings. The number of benzene rings is 1. The lowest BCUT2D eigenvalue weighted by Crippen LogP contribution is -2.38. The summed E-state index contributed by atoms with van der Waals surface area (Å²) >= 11 is 0. The lowest BCUT2D eigenvalue weighted by Gasteiger charge is -2.31. The van der Waals surface area contributed by atoms with Gasteiger partial charge in [0.05, 0.1) is 10.6 Å². The monoisotopic (exact) mass is 300 g/mol. The largest absolute Gasteiger partial charge is 0.396 e. The summed E-state index contributed by atoms with van der Waals surface area (Å²) in [5, 5.41) is 0. The SMILES string of the molecule is CCCC1CCN(S(=O)(=O)c2ccc(F)c(N)c2)CC1. The van der Waals surface area contributed by atoms with Gasteiger partial charge in [-0.15, -0.1) is 0 Å². The minimum atomic E-state index is -3.55. The van der Waals surface area contributed by atoms with Crippen LogP contribution >= 0.6 is 0 Å². The van der Waals surface area contributed by atoms with E-state index in [1.54, 1.807) is 0 Å². The van der Waals surface area contributed by atoms with Crippen molar-refractivity contribution in [1.82, 2.24) is 4.31 Å². The highest BCUT2D eigenvalue weighted by Crippen LogP contribution is 2.27. The van der Waals surface area contributed by atoms with Crippen LogP contribution in [0.15, 0.2) is 23.1 Å². The number of nitrogens with zero attached hydrogens (tertiary/aromatic N) is 1. The van der Waals surface area contributed by atoms with Crippen molar-refractivity contribution in [3.63, 3.8) is 0 Å². The van der Waals surface area contributed by atoms with E-state index in [-0.39, 0.29) is 10.6 Å². The van der Waals surface area contributed by atoms with Crippen LogP contribution in [0.5, 0.6) is 0 Å². The number of nitrogens with two attached hydrogens (primary N) is 1. The Kier molecular flexibility index (Phi) is 4.65. The summed E-state index contributed by atoms with van der Waals surface area (Å²) in [5.41, 5.74) is 5.32. The first-order valence-corrected chi connectivity index (χ1v) is 8.44. The van der Waals surface area contributed by atoms with Crippen LogP contribution in [0.3, 0.4) is 0 Å². The predicted octanol–water partition coefficient (Wildman–Crippen LogP) is 2.61. The van der Waals surface area contributed by atoms with Crippen LogP contribution in [0.1, 0.15) is 32.6 Å². The standard InChI is InChI=1S/C14H21FN2O2S/c1-2-3-11-6-8-17(9-7-11)20(18,19)12-4-5-13(15)14(16)10-12/h4-5,10-11H,2-3,6-9,16H2,1H3. The minimum Gasteiger partial charge on any atom is -0.396 e. The second-order valence-electron chi connectivity index (χ2n) is 5.32. The van der Waals surface area contributed by atoms with Crippen LogP contribution in [0, 0.1) is 11.7 Å². The van der Waals surface area contributed by atoms with Gasteiger partial charge in [0.1, 0.15) is 5.82 Å². The molecule has 0 unspecified atom stereocenters. The van der Waals surface area contributed by atoms with E-state index in [2.05, 4.69) is 6.92 Å². The molecule has 20 heavy (non-hydrogen) atoms. The molecule has 1 aliphatic rings. The summed E-state index contributed by atoms with van der Waals surface area (Å²) in [4.78, 5) is 0.0744. The van der Waals surface area contributed by atoms with Gasteiger partial charge in [0.15, 0.2) is 0 Å². The molecule has 0 amide bonds. The zero-order chi connectivity index (χ0) is 14.8. The Balaban J connectivity index is 2.13. The topological polar surface area (TPSA) is 63.4 Å². The molecular formula is C14H21FN2O2S. The third-order valence-electron chi connectivity index (χ3n) is 3.88. The summed E-state index contributed by atoms with van der Waals surface area (Å²) < 4.78 is 39.5. The molecule has 112 valence electrons. The second-order valence-corrected chi connectivity index (χ2v) is 7.26. The molecule has 0 bridgehead atoms.